The van der Waals surface area contributed by atoms with Gasteiger partial charge in [0.05, 0.1) is 0 Å². The second-order valence-corrected chi connectivity index (χ2v) is 6.62. The molecule has 120 valence electrons. The van der Waals surface area contributed by atoms with E-state index in [0.29, 0.717) is 23.3 Å². The summed E-state index contributed by atoms with van der Waals surface area (Å²) in [5.41, 5.74) is 1.57. The quantitative estimate of drug-likeness (QED) is 0.935. The molecule has 4 rings (SSSR count). The molecule has 0 radical (unpaired) electrons. The van der Waals surface area contributed by atoms with Crippen molar-refractivity contribution in [3.63, 3.8) is 0 Å². The van der Waals surface area contributed by atoms with Crippen LogP contribution in [0.15, 0.2) is 28.8 Å². The van der Waals surface area contributed by atoms with Gasteiger partial charge in [-0.25, -0.2) is 0 Å². The lowest BCUT2D eigenvalue weighted by Gasteiger charge is -2.22. The maximum Gasteiger partial charge on any atom is 0.251 e. The fourth-order valence-electron chi connectivity index (χ4n) is 3.13. The Morgan fingerprint density at radius 3 is 2.48 bits per heavy atom. The lowest BCUT2D eigenvalue weighted by Crippen LogP contribution is -2.36. The number of amides is 1. The average molecular weight is 311 g/mol. The van der Waals surface area contributed by atoms with Crippen molar-refractivity contribution in [1.82, 2.24) is 15.5 Å². The average Bonchev–Trinajstić information content (AvgIpc) is 3.33. The fraction of sp³-hybridized carbons (Fsp3) is 0.500. The molecule has 1 heterocycles. The molecule has 2 aromatic rings. The van der Waals surface area contributed by atoms with Crippen molar-refractivity contribution in [3.8, 4) is 11.4 Å². The van der Waals surface area contributed by atoms with Crippen LogP contribution in [0.4, 0.5) is 0 Å². The van der Waals surface area contributed by atoms with Gasteiger partial charge in [0.2, 0.25) is 11.7 Å². The SMILES string of the molecule is O=C(NC1CCCCC1)c1ccc(-c2noc(C3CC3)n2)cc1. The topological polar surface area (TPSA) is 68.0 Å². The third kappa shape index (κ3) is 3.28. The molecule has 0 spiro atoms. The predicted molar refractivity (Wildman–Crippen MR) is 86.0 cm³/mol. The van der Waals surface area contributed by atoms with Crippen LogP contribution in [0.5, 0.6) is 0 Å². The molecule has 0 aliphatic heterocycles. The summed E-state index contributed by atoms with van der Waals surface area (Å²) >= 11 is 0. The Hall–Kier alpha value is -2.17. The highest BCUT2D eigenvalue weighted by molar-refractivity contribution is 5.94. The van der Waals surface area contributed by atoms with Crippen LogP contribution in [-0.2, 0) is 0 Å². The van der Waals surface area contributed by atoms with Gasteiger partial charge in [0.25, 0.3) is 5.91 Å². The van der Waals surface area contributed by atoms with Gasteiger partial charge in [-0.3, -0.25) is 4.79 Å². The second kappa shape index (κ2) is 6.14. The lowest BCUT2D eigenvalue weighted by molar-refractivity contribution is 0.0927. The normalized spacial score (nSPS) is 18.8. The number of carbonyl (C=O) groups is 1. The number of nitrogens with zero attached hydrogens (tertiary/aromatic N) is 2. The number of carbonyl (C=O) groups excluding carboxylic acids is 1. The van der Waals surface area contributed by atoms with Gasteiger partial charge in [-0.1, -0.05) is 36.6 Å². The van der Waals surface area contributed by atoms with Gasteiger partial charge in [-0.2, -0.15) is 4.98 Å². The van der Waals surface area contributed by atoms with Gasteiger partial charge in [0.15, 0.2) is 0 Å². The smallest absolute Gasteiger partial charge is 0.251 e. The van der Waals surface area contributed by atoms with Crippen molar-refractivity contribution in [2.75, 3.05) is 0 Å². The van der Waals surface area contributed by atoms with E-state index in [2.05, 4.69) is 15.5 Å². The van der Waals surface area contributed by atoms with E-state index in [0.717, 1.165) is 37.1 Å². The molecule has 2 fully saturated rings. The first-order valence-corrected chi connectivity index (χ1v) is 8.54. The molecule has 2 aliphatic carbocycles. The number of benzene rings is 1. The first kappa shape index (κ1) is 14.4. The summed E-state index contributed by atoms with van der Waals surface area (Å²) in [4.78, 5) is 16.7. The minimum Gasteiger partial charge on any atom is -0.349 e. The highest BCUT2D eigenvalue weighted by Gasteiger charge is 2.29. The molecule has 0 saturated heterocycles. The summed E-state index contributed by atoms with van der Waals surface area (Å²) in [7, 11) is 0. The van der Waals surface area contributed by atoms with Crippen LogP contribution in [0, 0.1) is 0 Å². The third-order valence-corrected chi connectivity index (χ3v) is 4.71. The summed E-state index contributed by atoms with van der Waals surface area (Å²) in [6, 6.07) is 7.77. The molecule has 1 aromatic heterocycles. The summed E-state index contributed by atoms with van der Waals surface area (Å²) in [6.45, 7) is 0. The van der Waals surface area contributed by atoms with E-state index in [9.17, 15) is 4.79 Å². The van der Waals surface area contributed by atoms with E-state index in [1.165, 1.54) is 19.3 Å². The molecule has 0 atom stereocenters. The van der Waals surface area contributed by atoms with Crippen molar-refractivity contribution >= 4 is 5.91 Å². The minimum atomic E-state index is 0.00947. The summed E-state index contributed by atoms with van der Waals surface area (Å²) in [6.07, 6.45) is 8.18. The van der Waals surface area contributed by atoms with E-state index < -0.39 is 0 Å². The van der Waals surface area contributed by atoms with Crippen molar-refractivity contribution in [3.05, 3.63) is 35.7 Å². The first-order valence-electron chi connectivity index (χ1n) is 8.54. The van der Waals surface area contributed by atoms with Crippen LogP contribution in [-0.4, -0.2) is 22.1 Å². The van der Waals surface area contributed by atoms with Gasteiger partial charge in [0, 0.05) is 23.1 Å². The number of aromatic nitrogens is 2. The highest BCUT2D eigenvalue weighted by Crippen LogP contribution is 2.39. The van der Waals surface area contributed by atoms with Crippen molar-refractivity contribution < 1.29 is 9.32 Å². The Morgan fingerprint density at radius 2 is 1.78 bits per heavy atom. The van der Waals surface area contributed by atoms with Gasteiger partial charge in [0.1, 0.15) is 0 Å². The van der Waals surface area contributed by atoms with E-state index in [1.807, 2.05) is 24.3 Å². The van der Waals surface area contributed by atoms with Crippen LogP contribution >= 0.6 is 0 Å². The van der Waals surface area contributed by atoms with Gasteiger partial charge in [-0.15, -0.1) is 0 Å². The maximum absolute atomic E-state index is 12.3. The summed E-state index contributed by atoms with van der Waals surface area (Å²) < 4.78 is 5.28. The van der Waals surface area contributed by atoms with Crippen molar-refractivity contribution in [2.45, 2.75) is 56.9 Å². The summed E-state index contributed by atoms with van der Waals surface area (Å²) in [5.74, 6) is 1.80. The Balaban J connectivity index is 1.42. The molecular formula is C18H21N3O2. The zero-order valence-electron chi connectivity index (χ0n) is 13.1. The highest BCUT2D eigenvalue weighted by atomic mass is 16.5. The monoisotopic (exact) mass is 311 g/mol. The molecule has 2 aliphatic rings. The predicted octanol–water partition coefficient (Wildman–Crippen LogP) is 3.68. The van der Waals surface area contributed by atoms with E-state index in [4.69, 9.17) is 4.52 Å². The zero-order chi connectivity index (χ0) is 15.6. The standard InChI is InChI=1S/C18H21N3O2/c22-17(19-15-4-2-1-3-5-15)13-8-6-12(7-9-13)16-20-18(23-21-16)14-10-11-14/h6-9,14-15H,1-5,10-11H2,(H,19,22). The molecule has 0 bridgehead atoms. The molecule has 1 amide bonds. The Bertz CT molecular complexity index is 683. The molecule has 2 saturated carbocycles. The lowest BCUT2D eigenvalue weighted by atomic mass is 9.95. The van der Waals surface area contributed by atoms with Crippen LogP contribution in [0.3, 0.4) is 0 Å². The Morgan fingerprint density at radius 1 is 1.04 bits per heavy atom. The van der Waals surface area contributed by atoms with Crippen LogP contribution in [0.1, 0.15) is 67.1 Å². The Kier molecular flexibility index (Phi) is 3.85. The molecular weight excluding hydrogens is 290 g/mol. The van der Waals surface area contributed by atoms with Gasteiger partial charge in [-0.05, 0) is 37.8 Å². The molecule has 23 heavy (non-hydrogen) atoms. The number of hydrogen-bond donors (Lipinski definition) is 1. The number of hydrogen-bond acceptors (Lipinski definition) is 4. The molecule has 5 nitrogen and oxygen atoms in total. The number of nitrogens with one attached hydrogen (secondary N) is 1. The largest absolute Gasteiger partial charge is 0.349 e. The second-order valence-electron chi connectivity index (χ2n) is 6.62. The maximum atomic E-state index is 12.3. The van der Waals surface area contributed by atoms with Crippen LogP contribution < -0.4 is 5.32 Å². The number of rotatable bonds is 4. The van der Waals surface area contributed by atoms with E-state index >= 15 is 0 Å². The fourth-order valence-corrected chi connectivity index (χ4v) is 3.13. The molecule has 5 heteroatoms. The van der Waals surface area contributed by atoms with Gasteiger partial charge < -0.3 is 9.84 Å². The Labute approximate surface area is 135 Å². The van der Waals surface area contributed by atoms with E-state index in [-0.39, 0.29) is 5.91 Å². The van der Waals surface area contributed by atoms with Crippen molar-refractivity contribution in [1.29, 1.82) is 0 Å². The van der Waals surface area contributed by atoms with Gasteiger partial charge >= 0.3 is 0 Å². The molecule has 1 N–H and O–H groups in total. The first-order chi connectivity index (χ1) is 11.3. The molecule has 1 aromatic carbocycles. The molecule has 0 unspecified atom stereocenters. The van der Waals surface area contributed by atoms with Crippen LogP contribution in [0.2, 0.25) is 0 Å². The van der Waals surface area contributed by atoms with Crippen molar-refractivity contribution in [2.24, 2.45) is 0 Å². The van der Waals surface area contributed by atoms with Crippen LogP contribution in [0.25, 0.3) is 11.4 Å². The zero-order valence-corrected chi connectivity index (χ0v) is 13.1. The van der Waals surface area contributed by atoms with E-state index in [1.54, 1.807) is 0 Å². The minimum absolute atomic E-state index is 0.00947. The summed E-state index contributed by atoms with van der Waals surface area (Å²) in [5, 5.41) is 7.16. The third-order valence-electron chi connectivity index (χ3n) is 4.71.